The van der Waals surface area contributed by atoms with E-state index < -0.39 is 5.97 Å². The zero-order valence-electron chi connectivity index (χ0n) is 11.2. The first-order chi connectivity index (χ1) is 10.5. The Kier molecular flexibility index (Phi) is 4.00. The smallest absolute Gasteiger partial charge is 0.328 e. The monoisotopic (exact) mass is 376 g/mol. The molecule has 0 radical (unpaired) electrons. The molecular formula is C16H10BrClN2O2. The van der Waals surface area contributed by atoms with Crippen molar-refractivity contribution in [3.8, 4) is 11.3 Å². The molecular weight excluding hydrogens is 368 g/mol. The van der Waals surface area contributed by atoms with Gasteiger partial charge < -0.3 is 5.11 Å². The van der Waals surface area contributed by atoms with Crippen molar-refractivity contribution < 1.29 is 9.90 Å². The van der Waals surface area contributed by atoms with Crippen LogP contribution < -0.4 is 0 Å². The summed E-state index contributed by atoms with van der Waals surface area (Å²) in [4.78, 5) is 15.4. The first-order valence-electron chi connectivity index (χ1n) is 6.39. The molecule has 0 atom stereocenters. The highest BCUT2D eigenvalue weighted by Crippen LogP contribution is 2.27. The topological polar surface area (TPSA) is 54.6 Å². The van der Waals surface area contributed by atoms with Crippen molar-refractivity contribution in [1.29, 1.82) is 0 Å². The van der Waals surface area contributed by atoms with Crippen LogP contribution in [0.15, 0.2) is 53.1 Å². The highest BCUT2D eigenvalue weighted by atomic mass is 79.9. The van der Waals surface area contributed by atoms with Gasteiger partial charge in [-0.1, -0.05) is 39.7 Å². The van der Waals surface area contributed by atoms with Crippen LogP contribution in [-0.4, -0.2) is 20.5 Å². The summed E-state index contributed by atoms with van der Waals surface area (Å²) >= 11 is 9.43. The normalized spacial score (nSPS) is 11.4. The maximum absolute atomic E-state index is 10.8. The van der Waals surface area contributed by atoms with Crippen LogP contribution in [0.2, 0.25) is 5.02 Å². The quantitative estimate of drug-likeness (QED) is 0.683. The van der Waals surface area contributed by atoms with Crippen molar-refractivity contribution in [2.75, 3.05) is 0 Å². The number of carboxylic acid groups (broad SMARTS) is 1. The van der Waals surface area contributed by atoms with Crippen LogP contribution in [0.5, 0.6) is 0 Å². The number of imidazole rings is 1. The second kappa shape index (κ2) is 5.94. The number of pyridine rings is 1. The van der Waals surface area contributed by atoms with Gasteiger partial charge in [0.15, 0.2) is 0 Å². The van der Waals surface area contributed by atoms with Crippen molar-refractivity contribution >= 4 is 45.2 Å². The maximum Gasteiger partial charge on any atom is 0.328 e. The molecule has 3 aromatic rings. The predicted octanol–water partition coefficient (Wildman–Crippen LogP) is 4.52. The molecule has 0 bridgehead atoms. The van der Waals surface area contributed by atoms with Crippen LogP contribution in [0.4, 0.5) is 0 Å². The zero-order valence-corrected chi connectivity index (χ0v) is 13.5. The van der Waals surface area contributed by atoms with E-state index >= 15 is 0 Å². The van der Waals surface area contributed by atoms with Crippen LogP contribution in [0.1, 0.15) is 5.69 Å². The fourth-order valence-electron chi connectivity index (χ4n) is 2.17. The molecule has 0 aliphatic heterocycles. The molecule has 1 N–H and O–H groups in total. The number of carboxylic acids is 1. The number of nitrogens with zero attached hydrogens (tertiary/aromatic N) is 2. The van der Waals surface area contributed by atoms with Gasteiger partial charge in [0, 0.05) is 22.3 Å². The fourth-order valence-corrected chi connectivity index (χ4v) is 2.59. The molecule has 0 fully saturated rings. The highest BCUT2D eigenvalue weighted by Gasteiger charge is 2.12. The lowest BCUT2D eigenvalue weighted by atomic mass is 10.1. The van der Waals surface area contributed by atoms with Crippen molar-refractivity contribution in [2.45, 2.75) is 0 Å². The summed E-state index contributed by atoms with van der Waals surface area (Å²) in [6, 6.07) is 11.2. The second-order valence-corrected chi connectivity index (χ2v) is 5.95. The number of aliphatic carboxylic acids is 1. The molecule has 2 aromatic heterocycles. The molecule has 22 heavy (non-hydrogen) atoms. The molecule has 0 unspecified atom stereocenters. The van der Waals surface area contributed by atoms with E-state index in [-0.39, 0.29) is 0 Å². The third-order valence-corrected chi connectivity index (χ3v) is 3.87. The average molecular weight is 378 g/mol. The lowest BCUT2D eigenvalue weighted by Crippen LogP contribution is -1.91. The molecule has 0 aliphatic carbocycles. The van der Waals surface area contributed by atoms with Gasteiger partial charge in [-0.05, 0) is 30.3 Å². The Morgan fingerprint density at radius 2 is 1.95 bits per heavy atom. The SMILES string of the molecule is O=C(O)C=Cc1c(-c2ccc(Br)cc2)nc2ccc(Cl)cn12. The van der Waals surface area contributed by atoms with E-state index in [9.17, 15) is 4.79 Å². The molecule has 0 saturated carbocycles. The summed E-state index contributed by atoms with van der Waals surface area (Å²) in [6.45, 7) is 0. The molecule has 2 heterocycles. The van der Waals surface area contributed by atoms with E-state index in [1.54, 1.807) is 22.7 Å². The van der Waals surface area contributed by atoms with E-state index in [1.165, 1.54) is 6.08 Å². The van der Waals surface area contributed by atoms with Gasteiger partial charge in [0.25, 0.3) is 0 Å². The standard InChI is InChI=1S/C16H10BrClN2O2/c17-11-3-1-10(2-4-11)16-13(6-8-15(21)22)20-9-12(18)5-7-14(20)19-16/h1-9H,(H,21,22). The lowest BCUT2D eigenvalue weighted by Gasteiger charge is -2.01. The number of hydrogen-bond acceptors (Lipinski definition) is 2. The summed E-state index contributed by atoms with van der Waals surface area (Å²) in [5.41, 5.74) is 2.97. The number of halogens is 2. The Bertz CT molecular complexity index is 885. The van der Waals surface area contributed by atoms with Gasteiger partial charge in [0.05, 0.1) is 16.4 Å². The van der Waals surface area contributed by atoms with Crippen molar-refractivity contribution in [3.05, 3.63) is 63.9 Å². The van der Waals surface area contributed by atoms with Crippen molar-refractivity contribution in [3.63, 3.8) is 0 Å². The lowest BCUT2D eigenvalue weighted by molar-refractivity contribution is -0.131. The number of benzene rings is 1. The largest absolute Gasteiger partial charge is 0.478 e. The molecule has 0 amide bonds. The molecule has 110 valence electrons. The van der Waals surface area contributed by atoms with Gasteiger partial charge in [-0.3, -0.25) is 4.40 Å². The molecule has 0 aliphatic rings. The maximum atomic E-state index is 10.8. The minimum Gasteiger partial charge on any atom is -0.478 e. The Hall–Kier alpha value is -2.11. The van der Waals surface area contributed by atoms with E-state index in [2.05, 4.69) is 20.9 Å². The Balaban J connectivity index is 2.26. The predicted molar refractivity (Wildman–Crippen MR) is 90.0 cm³/mol. The van der Waals surface area contributed by atoms with E-state index in [4.69, 9.17) is 16.7 Å². The minimum absolute atomic E-state index is 0.553. The van der Waals surface area contributed by atoms with Gasteiger partial charge in [0.1, 0.15) is 5.65 Å². The van der Waals surface area contributed by atoms with Crippen LogP contribution in [0.25, 0.3) is 23.0 Å². The van der Waals surface area contributed by atoms with Crippen molar-refractivity contribution in [2.24, 2.45) is 0 Å². The first-order valence-corrected chi connectivity index (χ1v) is 7.56. The van der Waals surface area contributed by atoms with Crippen LogP contribution >= 0.6 is 27.5 Å². The number of hydrogen-bond donors (Lipinski definition) is 1. The number of aromatic nitrogens is 2. The van der Waals surface area contributed by atoms with Gasteiger partial charge in [-0.15, -0.1) is 0 Å². The summed E-state index contributed by atoms with van der Waals surface area (Å²) < 4.78 is 2.74. The van der Waals surface area contributed by atoms with E-state index in [1.807, 2.05) is 24.3 Å². The Labute approximate surface area is 139 Å². The summed E-state index contributed by atoms with van der Waals surface area (Å²) in [5, 5.41) is 9.44. The van der Waals surface area contributed by atoms with Gasteiger partial charge >= 0.3 is 5.97 Å². The van der Waals surface area contributed by atoms with E-state index in [0.717, 1.165) is 16.1 Å². The third-order valence-electron chi connectivity index (χ3n) is 3.12. The Morgan fingerprint density at radius 1 is 1.23 bits per heavy atom. The van der Waals surface area contributed by atoms with Gasteiger partial charge in [0.2, 0.25) is 0 Å². The van der Waals surface area contributed by atoms with Crippen LogP contribution in [0, 0.1) is 0 Å². The van der Waals surface area contributed by atoms with Gasteiger partial charge in [-0.25, -0.2) is 9.78 Å². The molecule has 0 spiro atoms. The highest BCUT2D eigenvalue weighted by molar-refractivity contribution is 9.10. The number of carbonyl (C=O) groups is 1. The Morgan fingerprint density at radius 3 is 2.64 bits per heavy atom. The molecule has 3 rings (SSSR count). The molecule has 4 nitrogen and oxygen atoms in total. The van der Waals surface area contributed by atoms with E-state index in [0.29, 0.717) is 22.1 Å². The molecule has 0 saturated heterocycles. The number of rotatable bonds is 3. The third kappa shape index (κ3) is 2.91. The minimum atomic E-state index is -1.02. The van der Waals surface area contributed by atoms with Gasteiger partial charge in [-0.2, -0.15) is 0 Å². The molecule has 6 heteroatoms. The zero-order chi connectivity index (χ0) is 15.7. The van der Waals surface area contributed by atoms with Crippen LogP contribution in [-0.2, 0) is 4.79 Å². The number of fused-ring (bicyclic) bond motifs is 1. The summed E-state index contributed by atoms with van der Waals surface area (Å²) in [6.07, 6.45) is 4.33. The molecule has 1 aromatic carbocycles. The summed E-state index contributed by atoms with van der Waals surface area (Å²) in [5.74, 6) is -1.02. The average Bonchev–Trinajstić information content (AvgIpc) is 2.83. The first kappa shape index (κ1) is 14.8. The van der Waals surface area contributed by atoms with Crippen molar-refractivity contribution in [1.82, 2.24) is 9.38 Å². The summed E-state index contributed by atoms with van der Waals surface area (Å²) in [7, 11) is 0. The second-order valence-electron chi connectivity index (χ2n) is 4.60. The fraction of sp³-hybridized carbons (Fsp3) is 0. The van der Waals surface area contributed by atoms with Crippen LogP contribution in [0.3, 0.4) is 0 Å².